The van der Waals surface area contributed by atoms with Gasteiger partial charge in [0.2, 0.25) is 5.91 Å². The van der Waals surface area contributed by atoms with Gasteiger partial charge in [-0.3, -0.25) is 4.79 Å². The molecular formula is C8H16N4O2. The second-order valence-corrected chi connectivity index (χ2v) is 3.24. The number of nitrogens with zero attached hydrogens (tertiary/aromatic N) is 2. The van der Waals surface area contributed by atoms with Crippen LogP contribution in [0.25, 0.3) is 0 Å². The van der Waals surface area contributed by atoms with E-state index in [1.54, 1.807) is 16.8 Å². The fraction of sp³-hybridized carbons (Fsp3) is 0.750. The molecule has 3 amide bonds. The number of hydrogen-bond donors (Lipinski definition) is 2. The van der Waals surface area contributed by atoms with Gasteiger partial charge in [0.15, 0.2) is 0 Å². The third-order valence-electron chi connectivity index (χ3n) is 2.27. The smallest absolute Gasteiger partial charge is 0.314 e. The maximum atomic E-state index is 11.4. The highest BCUT2D eigenvalue weighted by molar-refractivity contribution is 5.79. The average molecular weight is 200 g/mol. The van der Waals surface area contributed by atoms with Crippen molar-refractivity contribution in [2.45, 2.75) is 0 Å². The van der Waals surface area contributed by atoms with E-state index in [4.69, 9.17) is 5.73 Å². The van der Waals surface area contributed by atoms with Crippen LogP contribution in [-0.2, 0) is 4.79 Å². The summed E-state index contributed by atoms with van der Waals surface area (Å²) in [4.78, 5) is 25.5. The maximum absolute atomic E-state index is 11.4. The van der Waals surface area contributed by atoms with Gasteiger partial charge in [0.05, 0.1) is 6.54 Å². The fourth-order valence-electron chi connectivity index (χ4n) is 1.44. The molecule has 0 aromatic heterocycles. The molecule has 1 saturated heterocycles. The van der Waals surface area contributed by atoms with Crippen molar-refractivity contribution in [2.24, 2.45) is 5.73 Å². The summed E-state index contributed by atoms with van der Waals surface area (Å²) < 4.78 is 0. The number of amides is 3. The number of piperazine rings is 1. The summed E-state index contributed by atoms with van der Waals surface area (Å²) in [6, 6.07) is -0.411. The van der Waals surface area contributed by atoms with Gasteiger partial charge in [-0.15, -0.1) is 0 Å². The quantitative estimate of drug-likeness (QED) is 0.565. The molecule has 1 heterocycles. The van der Waals surface area contributed by atoms with E-state index in [0.717, 1.165) is 0 Å². The molecule has 0 radical (unpaired) electrons. The summed E-state index contributed by atoms with van der Waals surface area (Å²) in [5, 5.41) is 2.80. The first-order valence-corrected chi connectivity index (χ1v) is 4.62. The zero-order valence-electron chi connectivity index (χ0n) is 8.32. The number of nitrogens with two attached hydrogens (primary N) is 1. The van der Waals surface area contributed by atoms with E-state index in [0.29, 0.717) is 32.7 Å². The van der Waals surface area contributed by atoms with Gasteiger partial charge in [-0.25, -0.2) is 4.79 Å². The Kier molecular flexibility index (Phi) is 3.70. The van der Waals surface area contributed by atoms with Gasteiger partial charge in [0.1, 0.15) is 0 Å². The van der Waals surface area contributed by atoms with Crippen LogP contribution in [0.3, 0.4) is 0 Å². The zero-order chi connectivity index (χ0) is 10.6. The molecule has 0 aromatic rings. The minimum absolute atomic E-state index is 0.0663. The summed E-state index contributed by atoms with van der Waals surface area (Å²) in [7, 11) is 1.73. The molecule has 1 aliphatic rings. The molecule has 0 unspecified atom stereocenters. The lowest BCUT2D eigenvalue weighted by molar-refractivity contribution is -0.131. The van der Waals surface area contributed by atoms with E-state index in [2.05, 4.69) is 5.32 Å². The third-order valence-corrected chi connectivity index (χ3v) is 2.27. The first-order valence-electron chi connectivity index (χ1n) is 4.62. The zero-order valence-corrected chi connectivity index (χ0v) is 8.32. The maximum Gasteiger partial charge on any atom is 0.314 e. The Labute approximate surface area is 83.0 Å². The topological polar surface area (TPSA) is 78.7 Å². The fourth-order valence-corrected chi connectivity index (χ4v) is 1.44. The van der Waals surface area contributed by atoms with E-state index in [1.165, 1.54) is 0 Å². The highest BCUT2D eigenvalue weighted by Crippen LogP contribution is 2.00. The second-order valence-electron chi connectivity index (χ2n) is 3.24. The van der Waals surface area contributed by atoms with E-state index >= 15 is 0 Å². The van der Waals surface area contributed by atoms with Gasteiger partial charge < -0.3 is 20.9 Å². The van der Waals surface area contributed by atoms with E-state index in [1.807, 2.05) is 0 Å². The van der Waals surface area contributed by atoms with Crippen LogP contribution in [0.1, 0.15) is 0 Å². The highest BCUT2D eigenvalue weighted by Gasteiger charge is 2.21. The normalized spacial score (nSPS) is 16.9. The molecule has 3 N–H and O–H groups in total. The number of primary amides is 1. The van der Waals surface area contributed by atoms with Crippen LogP contribution in [0.5, 0.6) is 0 Å². The van der Waals surface area contributed by atoms with Crippen molar-refractivity contribution in [1.29, 1.82) is 0 Å². The molecule has 6 heteroatoms. The summed E-state index contributed by atoms with van der Waals surface area (Å²) in [6.07, 6.45) is 0. The molecule has 0 aliphatic carbocycles. The highest BCUT2D eigenvalue weighted by atomic mass is 16.2. The minimum Gasteiger partial charge on any atom is -0.351 e. The predicted octanol–water partition coefficient (Wildman–Crippen LogP) is -1.57. The van der Waals surface area contributed by atoms with Crippen LogP contribution in [0.15, 0.2) is 0 Å². The number of hydrogen-bond acceptors (Lipinski definition) is 3. The number of carbonyl (C=O) groups is 2. The summed E-state index contributed by atoms with van der Waals surface area (Å²) >= 11 is 0. The number of likely N-dealkylation sites (N-methyl/N-ethyl adjacent to an activating group) is 1. The number of rotatable bonds is 2. The lowest BCUT2D eigenvalue weighted by Gasteiger charge is -2.33. The van der Waals surface area contributed by atoms with Gasteiger partial charge in [-0.2, -0.15) is 0 Å². The predicted molar refractivity (Wildman–Crippen MR) is 51.7 cm³/mol. The van der Waals surface area contributed by atoms with E-state index in [9.17, 15) is 9.59 Å². The van der Waals surface area contributed by atoms with Crippen molar-refractivity contribution in [3.05, 3.63) is 0 Å². The first-order chi connectivity index (χ1) is 6.65. The molecule has 1 aliphatic heterocycles. The van der Waals surface area contributed by atoms with E-state index in [-0.39, 0.29) is 5.91 Å². The van der Waals surface area contributed by atoms with Gasteiger partial charge >= 0.3 is 6.03 Å². The van der Waals surface area contributed by atoms with E-state index < -0.39 is 6.03 Å². The number of urea groups is 1. The van der Waals surface area contributed by atoms with Crippen LogP contribution < -0.4 is 11.1 Å². The standard InChI is InChI=1S/C8H16N4O2/c1-10-6-7(13)11-2-4-12(5-3-11)8(9)14/h10H,2-6H2,1H3,(H2,9,14). The molecule has 1 fully saturated rings. The second kappa shape index (κ2) is 4.80. The van der Waals surface area contributed by atoms with Crippen molar-refractivity contribution in [1.82, 2.24) is 15.1 Å². The summed E-state index contributed by atoms with van der Waals surface area (Å²) in [6.45, 7) is 2.55. The van der Waals surface area contributed by atoms with Crippen molar-refractivity contribution < 1.29 is 9.59 Å². The molecule has 1 rings (SSSR count). The molecule has 80 valence electrons. The van der Waals surface area contributed by atoms with Crippen LogP contribution in [0.2, 0.25) is 0 Å². The van der Waals surface area contributed by atoms with Crippen molar-refractivity contribution >= 4 is 11.9 Å². The first kappa shape index (κ1) is 10.8. The van der Waals surface area contributed by atoms with Crippen LogP contribution in [-0.4, -0.2) is 61.5 Å². The minimum atomic E-state index is -0.411. The Bertz CT molecular complexity index is 223. The third kappa shape index (κ3) is 2.59. The average Bonchev–Trinajstić information content (AvgIpc) is 2.18. The molecule has 0 atom stereocenters. The van der Waals surface area contributed by atoms with Crippen LogP contribution in [0, 0.1) is 0 Å². The molecule has 0 bridgehead atoms. The SMILES string of the molecule is CNCC(=O)N1CCN(C(N)=O)CC1. The van der Waals surface area contributed by atoms with Crippen molar-refractivity contribution in [3.8, 4) is 0 Å². The molecule has 0 spiro atoms. The Morgan fingerprint density at radius 2 is 1.71 bits per heavy atom. The summed E-state index contributed by atoms with van der Waals surface area (Å²) in [5.41, 5.74) is 5.12. The van der Waals surface area contributed by atoms with Gasteiger partial charge in [-0.05, 0) is 7.05 Å². The van der Waals surface area contributed by atoms with Gasteiger partial charge in [0, 0.05) is 26.2 Å². The number of nitrogens with one attached hydrogen (secondary N) is 1. The Morgan fingerprint density at radius 1 is 1.21 bits per heavy atom. The monoisotopic (exact) mass is 200 g/mol. The van der Waals surface area contributed by atoms with Crippen LogP contribution in [0.4, 0.5) is 4.79 Å². The largest absolute Gasteiger partial charge is 0.351 e. The lowest BCUT2D eigenvalue weighted by Crippen LogP contribution is -2.53. The number of carbonyl (C=O) groups excluding carboxylic acids is 2. The lowest BCUT2D eigenvalue weighted by atomic mass is 10.3. The Hall–Kier alpha value is -1.30. The Balaban J connectivity index is 2.35. The molecule has 6 nitrogen and oxygen atoms in total. The molecule has 0 saturated carbocycles. The molecular weight excluding hydrogens is 184 g/mol. The summed E-state index contributed by atoms with van der Waals surface area (Å²) in [5.74, 6) is 0.0663. The van der Waals surface area contributed by atoms with Crippen molar-refractivity contribution in [3.63, 3.8) is 0 Å². The van der Waals surface area contributed by atoms with Gasteiger partial charge in [0.25, 0.3) is 0 Å². The van der Waals surface area contributed by atoms with Gasteiger partial charge in [-0.1, -0.05) is 0 Å². The molecule has 14 heavy (non-hydrogen) atoms. The van der Waals surface area contributed by atoms with Crippen LogP contribution >= 0.6 is 0 Å². The molecule has 0 aromatic carbocycles. The Morgan fingerprint density at radius 3 is 2.14 bits per heavy atom. The van der Waals surface area contributed by atoms with Crippen molar-refractivity contribution in [2.75, 3.05) is 39.8 Å².